The van der Waals surface area contributed by atoms with Gasteiger partial charge in [0.25, 0.3) is 6.43 Å². The maximum atomic E-state index is 12.8. The van der Waals surface area contributed by atoms with Crippen LogP contribution in [0.3, 0.4) is 0 Å². The minimum absolute atomic E-state index is 0.320. The molecule has 1 aromatic carbocycles. The molecular weight excluding hydrogens is 257 g/mol. The van der Waals surface area contributed by atoms with E-state index in [1.165, 1.54) is 0 Å². The molecule has 0 aliphatic rings. The summed E-state index contributed by atoms with van der Waals surface area (Å²) in [6.07, 6.45) is -2.78. The molecular formula is C9H11F3N2O2S. The number of halogens is 3. The van der Waals surface area contributed by atoms with E-state index in [2.05, 4.69) is 0 Å². The number of nitrogens with two attached hydrogens (primary N) is 1. The zero-order chi connectivity index (χ0) is 13.2. The Kier molecular flexibility index (Phi) is 3.99. The Morgan fingerprint density at radius 3 is 2.47 bits per heavy atom. The Morgan fingerprint density at radius 1 is 1.41 bits per heavy atom. The molecule has 0 aromatic heterocycles. The summed E-state index contributed by atoms with van der Waals surface area (Å²) < 4.78 is 61.0. The molecule has 17 heavy (non-hydrogen) atoms. The topological polar surface area (TPSA) is 63.4 Å². The van der Waals surface area contributed by atoms with Crippen LogP contribution >= 0.6 is 0 Å². The lowest BCUT2D eigenvalue weighted by Crippen LogP contribution is -2.31. The van der Waals surface area contributed by atoms with Gasteiger partial charge in [0.1, 0.15) is 5.82 Å². The van der Waals surface area contributed by atoms with Crippen LogP contribution in [0.5, 0.6) is 0 Å². The SMILES string of the molecule is CN(CC(F)F)S(=O)(=O)c1ccc(F)c(N)c1. The number of hydrogen-bond donors (Lipinski definition) is 1. The van der Waals surface area contributed by atoms with Crippen molar-refractivity contribution in [1.29, 1.82) is 0 Å². The summed E-state index contributed by atoms with van der Waals surface area (Å²) in [6.45, 7) is -0.931. The maximum absolute atomic E-state index is 12.8. The van der Waals surface area contributed by atoms with Crippen LogP contribution in [0.15, 0.2) is 23.1 Å². The summed E-state index contributed by atoms with van der Waals surface area (Å²) in [5, 5.41) is 0. The van der Waals surface area contributed by atoms with Crippen molar-refractivity contribution in [1.82, 2.24) is 4.31 Å². The molecule has 2 N–H and O–H groups in total. The molecule has 0 fully saturated rings. The van der Waals surface area contributed by atoms with Gasteiger partial charge in [0, 0.05) is 7.05 Å². The lowest BCUT2D eigenvalue weighted by Gasteiger charge is -2.16. The molecule has 0 amide bonds. The molecule has 0 unspecified atom stereocenters. The largest absolute Gasteiger partial charge is 0.396 e. The van der Waals surface area contributed by atoms with Gasteiger partial charge in [0.05, 0.1) is 17.1 Å². The van der Waals surface area contributed by atoms with Crippen LogP contribution in [-0.2, 0) is 10.0 Å². The van der Waals surface area contributed by atoms with E-state index < -0.39 is 28.8 Å². The predicted octanol–water partition coefficient (Wildman–Crippen LogP) is 1.29. The van der Waals surface area contributed by atoms with Gasteiger partial charge in [-0.3, -0.25) is 0 Å². The summed E-state index contributed by atoms with van der Waals surface area (Å²) in [7, 11) is -3.05. The van der Waals surface area contributed by atoms with Gasteiger partial charge in [0.2, 0.25) is 10.0 Å². The quantitative estimate of drug-likeness (QED) is 0.837. The van der Waals surface area contributed by atoms with Gasteiger partial charge < -0.3 is 5.73 Å². The standard InChI is InChI=1S/C9H11F3N2O2S/c1-14(5-9(11)12)17(15,16)6-2-3-7(10)8(13)4-6/h2-4,9H,5,13H2,1H3. The minimum atomic E-state index is -4.07. The monoisotopic (exact) mass is 268 g/mol. The third kappa shape index (κ3) is 3.10. The molecule has 1 rings (SSSR count). The van der Waals surface area contributed by atoms with E-state index in [0.717, 1.165) is 25.2 Å². The number of hydrogen-bond acceptors (Lipinski definition) is 3. The molecule has 1 aromatic rings. The molecule has 0 saturated carbocycles. The number of rotatable bonds is 4. The van der Waals surface area contributed by atoms with E-state index in [-0.39, 0.29) is 10.6 Å². The number of anilines is 1. The van der Waals surface area contributed by atoms with Crippen LogP contribution in [0.2, 0.25) is 0 Å². The zero-order valence-corrected chi connectivity index (χ0v) is 9.72. The van der Waals surface area contributed by atoms with Crippen molar-refractivity contribution >= 4 is 15.7 Å². The van der Waals surface area contributed by atoms with Crippen molar-refractivity contribution in [2.75, 3.05) is 19.3 Å². The van der Waals surface area contributed by atoms with Crippen LogP contribution in [-0.4, -0.2) is 32.7 Å². The Hall–Kier alpha value is -1.28. The summed E-state index contributed by atoms with van der Waals surface area (Å²) in [6, 6.07) is 2.74. The fourth-order valence-corrected chi connectivity index (χ4v) is 2.34. The predicted molar refractivity (Wildman–Crippen MR) is 56.6 cm³/mol. The highest BCUT2D eigenvalue weighted by molar-refractivity contribution is 7.89. The summed E-state index contributed by atoms with van der Waals surface area (Å²) in [5.74, 6) is -0.763. The van der Waals surface area contributed by atoms with Crippen LogP contribution < -0.4 is 5.73 Å². The van der Waals surface area contributed by atoms with Gasteiger partial charge >= 0.3 is 0 Å². The van der Waals surface area contributed by atoms with Crippen LogP contribution in [0, 0.1) is 5.82 Å². The first-order chi connectivity index (χ1) is 7.75. The fraction of sp³-hybridized carbons (Fsp3) is 0.333. The molecule has 0 radical (unpaired) electrons. The van der Waals surface area contributed by atoms with Crippen molar-refractivity contribution in [3.63, 3.8) is 0 Å². The molecule has 0 bridgehead atoms. The average molecular weight is 268 g/mol. The van der Waals surface area contributed by atoms with Crippen molar-refractivity contribution < 1.29 is 21.6 Å². The molecule has 0 heterocycles. The second-order valence-electron chi connectivity index (χ2n) is 3.36. The minimum Gasteiger partial charge on any atom is -0.396 e. The summed E-state index contributed by atoms with van der Waals surface area (Å²) >= 11 is 0. The van der Waals surface area contributed by atoms with E-state index in [9.17, 15) is 21.6 Å². The Bertz CT molecular complexity index is 505. The maximum Gasteiger partial charge on any atom is 0.252 e. The normalized spacial score (nSPS) is 12.4. The lowest BCUT2D eigenvalue weighted by atomic mass is 10.3. The van der Waals surface area contributed by atoms with Gasteiger partial charge in [0.15, 0.2) is 0 Å². The zero-order valence-electron chi connectivity index (χ0n) is 8.90. The number of sulfonamides is 1. The average Bonchev–Trinajstić information content (AvgIpc) is 2.20. The molecule has 0 spiro atoms. The summed E-state index contributed by atoms with van der Waals surface area (Å²) in [5.41, 5.74) is 4.86. The van der Waals surface area contributed by atoms with E-state index in [0.29, 0.717) is 4.31 Å². The van der Waals surface area contributed by atoms with Crippen molar-refractivity contribution in [2.45, 2.75) is 11.3 Å². The van der Waals surface area contributed by atoms with Gasteiger partial charge in [-0.15, -0.1) is 0 Å². The molecule has 8 heteroatoms. The fourth-order valence-electron chi connectivity index (χ4n) is 1.15. The molecule has 0 aliphatic heterocycles. The third-order valence-corrected chi connectivity index (χ3v) is 3.89. The Balaban J connectivity index is 3.09. The van der Waals surface area contributed by atoms with Gasteiger partial charge in [-0.1, -0.05) is 0 Å². The van der Waals surface area contributed by atoms with Crippen LogP contribution in [0.4, 0.5) is 18.9 Å². The van der Waals surface area contributed by atoms with E-state index in [1.807, 2.05) is 0 Å². The highest BCUT2D eigenvalue weighted by atomic mass is 32.2. The Morgan fingerprint density at radius 2 is 2.00 bits per heavy atom. The van der Waals surface area contributed by atoms with Gasteiger partial charge in [-0.05, 0) is 18.2 Å². The van der Waals surface area contributed by atoms with Crippen molar-refractivity contribution in [3.05, 3.63) is 24.0 Å². The lowest BCUT2D eigenvalue weighted by molar-refractivity contribution is 0.126. The highest BCUT2D eigenvalue weighted by Crippen LogP contribution is 2.20. The molecule has 0 aliphatic carbocycles. The number of nitrogen functional groups attached to an aromatic ring is 1. The first kappa shape index (κ1) is 13.8. The summed E-state index contributed by atoms with van der Waals surface area (Å²) in [4.78, 5) is -0.320. The van der Waals surface area contributed by atoms with Crippen molar-refractivity contribution in [3.8, 4) is 0 Å². The first-order valence-electron chi connectivity index (χ1n) is 4.54. The van der Waals surface area contributed by atoms with Gasteiger partial charge in [-0.2, -0.15) is 4.31 Å². The molecule has 0 saturated heterocycles. The van der Waals surface area contributed by atoms with Crippen LogP contribution in [0.1, 0.15) is 0 Å². The first-order valence-corrected chi connectivity index (χ1v) is 5.98. The third-order valence-electron chi connectivity index (χ3n) is 2.07. The second kappa shape index (κ2) is 4.92. The molecule has 0 atom stereocenters. The van der Waals surface area contributed by atoms with E-state index in [1.54, 1.807) is 0 Å². The second-order valence-corrected chi connectivity index (χ2v) is 5.40. The number of benzene rings is 1. The van der Waals surface area contributed by atoms with Gasteiger partial charge in [-0.25, -0.2) is 21.6 Å². The highest BCUT2D eigenvalue weighted by Gasteiger charge is 2.24. The van der Waals surface area contributed by atoms with Crippen LogP contribution in [0.25, 0.3) is 0 Å². The smallest absolute Gasteiger partial charge is 0.252 e. The van der Waals surface area contributed by atoms with Crippen molar-refractivity contribution in [2.24, 2.45) is 0 Å². The Labute approximate surface area is 96.9 Å². The van der Waals surface area contributed by atoms with E-state index >= 15 is 0 Å². The molecule has 96 valence electrons. The molecule has 4 nitrogen and oxygen atoms in total. The van der Waals surface area contributed by atoms with E-state index in [4.69, 9.17) is 5.73 Å². The number of alkyl halides is 2. The number of nitrogens with zero attached hydrogens (tertiary/aromatic N) is 1.